The summed E-state index contributed by atoms with van der Waals surface area (Å²) in [5, 5.41) is 12.8. The molecule has 1 atom stereocenters. The van der Waals surface area contributed by atoms with Gasteiger partial charge in [-0.15, -0.1) is 0 Å². The molecule has 5 heteroatoms. The van der Waals surface area contributed by atoms with Crippen molar-refractivity contribution in [3.63, 3.8) is 0 Å². The summed E-state index contributed by atoms with van der Waals surface area (Å²) in [5.74, 6) is 0.482. The predicted octanol–water partition coefficient (Wildman–Crippen LogP) is 1.10. The van der Waals surface area contributed by atoms with Crippen LogP contribution in [0.4, 0.5) is 0 Å². The zero-order valence-electron chi connectivity index (χ0n) is 10.3. The van der Waals surface area contributed by atoms with Crippen molar-refractivity contribution in [2.45, 2.75) is 25.3 Å². The number of phenols is 1. The number of hydrogen-bond acceptors (Lipinski definition) is 4. The molecule has 0 aromatic heterocycles. The fourth-order valence-electron chi connectivity index (χ4n) is 2.28. The van der Waals surface area contributed by atoms with Gasteiger partial charge in [0.2, 0.25) is 0 Å². The third kappa shape index (κ3) is 3.71. The smallest absolute Gasteiger partial charge is 0.152 e. The van der Waals surface area contributed by atoms with Gasteiger partial charge < -0.3 is 10.4 Å². The molecule has 1 aliphatic rings. The van der Waals surface area contributed by atoms with Crippen LogP contribution in [0.25, 0.3) is 0 Å². The van der Waals surface area contributed by atoms with Gasteiger partial charge in [-0.25, -0.2) is 8.42 Å². The Morgan fingerprint density at radius 1 is 1.33 bits per heavy atom. The largest absolute Gasteiger partial charge is 0.508 e. The molecule has 1 heterocycles. The molecule has 1 fully saturated rings. The van der Waals surface area contributed by atoms with E-state index in [1.54, 1.807) is 24.3 Å². The van der Waals surface area contributed by atoms with Gasteiger partial charge in [-0.3, -0.25) is 0 Å². The van der Waals surface area contributed by atoms with Gasteiger partial charge in [-0.2, -0.15) is 0 Å². The summed E-state index contributed by atoms with van der Waals surface area (Å²) in [6, 6.07) is 6.99. The molecule has 1 unspecified atom stereocenters. The first-order valence-electron chi connectivity index (χ1n) is 6.27. The highest BCUT2D eigenvalue weighted by Crippen LogP contribution is 2.17. The minimum absolute atomic E-state index is 0.1000. The number of hydrogen-bond donors (Lipinski definition) is 2. The standard InChI is InChI=1S/C13H19NO3S/c15-13-6-2-1-4-11(13)7-9-18(16,17)10-12-5-3-8-14-12/h1-2,4,6,12,14-15H,3,5,7-10H2. The summed E-state index contributed by atoms with van der Waals surface area (Å²) in [6.07, 6.45) is 2.37. The number of para-hydroxylation sites is 1. The molecule has 100 valence electrons. The van der Waals surface area contributed by atoms with E-state index in [9.17, 15) is 13.5 Å². The molecule has 1 aromatic rings. The van der Waals surface area contributed by atoms with Crippen molar-refractivity contribution in [3.05, 3.63) is 29.8 Å². The Labute approximate surface area is 108 Å². The molecule has 1 saturated heterocycles. The maximum Gasteiger partial charge on any atom is 0.152 e. The molecule has 1 aromatic carbocycles. The van der Waals surface area contributed by atoms with Crippen molar-refractivity contribution in [1.82, 2.24) is 5.32 Å². The second-order valence-electron chi connectivity index (χ2n) is 4.79. The van der Waals surface area contributed by atoms with Crippen molar-refractivity contribution < 1.29 is 13.5 Å². The van der Waals surface area contributed by atoms with Crippen LogP contribution in [0, 0.1) is 0 Å². The lowest BCUT2D eigenvalue weighted by atomic mass is 10.1. The van der Waals surface area contributed by atoms with Gasteiger partial charge in [0.1, 0.15) is 5.75 Å². The molecule has 0 saturated carbocycles. The van der Waals surface area contributed by atoms with E-state index < -0.39 is 9.84 Å². The van der Waals surface area contributed by atoms with Gasteiger partial charge in [-0.05, 0) is 37.4 Å². The molecule has 0 radical (unpaired) electrons. The molecule has 18 heavy (non-hydrogen) atoms. The lowest BCUT2D eigenvalue weighted by molar-refractivity contribution is 0.469. The summed E-state index contributed by atoms with van der Waals surface area (Å²) in [6.45, 7) is 0.916. The van der Waals surface area contributed by atoms with Crippen LogP contribution >= 0.6 is 0 Å². The fourth-order valence-corrected chi connectivity index (χ4v) is 3.87. The molecule has 0 spiro atoms. The predicted molar refractivity (Wildman–Crippen MR) is 71.5 cm³/mol. The molecule has 0 bridgehead atoms. The van der Waals surface area contributed by atoms with E-state index >= 15 is 0 Å². The number of rotatable bonds is 5. The van der Waals surface area contributed by atoms with Crippen LogP contribution in [0.3, 0.4) is 0 Å². The quantitative estimate of drug-likeness (QED) is 0.840. The third-order valence-electron chi connectivity index (χ3n) is 3.29. The highest BCUT2D eigenvalue weighted by atomic mass is 32.2. The van der Waals surface area contributed by atoms with Crippen LogP contribution in [0.5, 0.6) is 5.75 Å². The number of aryl methyl sites for hydroxylation is 1. The summed E-state index contributed by atoms with van der Waals surface area (Å²) in [7, 11) is -3.05. The normalized spacial score (nSPS) is 20.1. The SMILES string of the molecule is O=S(=O)(CCc1ccccc1O)CC1CCCN1. The van der Waals surface area contributed by atoms with Gasteiger partial charge in [0.05, 0.1) is 11.5 Å². The maximum atomic E-state index is 11.9. The zero-order valence-corrected chi connectivity index (χ0v) is 11.1. The number of sulfone groups is 1. The van der Waals surface area contributed by atoms with Crippen LogP contribution in [-0.4, -0.2) is 37.6 Å². The Morgan fingerprint density at radius 3 is 2.78 bits per heavy atom. The first kappa shape index (κ1) is 13.4. The molecular weight excluding hydrogens is 250 g/mol. The monoisotopic (exact) mass is 269 g/mol. The van der Waals surface area contributed by atoms with E-state index in [-0.39, 0.29) is 23.3 Å². The Bertz CT molecular complexity index is 493. The van der Waals surface area contributed by atoms with Crippen LogP contribution in [0.1, 0.15) is 18.4 Å². The summed E-state index contributed by atoms with van der Waals surface area (Å²) < 4.78 is 23.9. The minimum Gasteiger partial charge on any atom is -0.508 e. The average molecular weight is 269 g/mol. The third-order valence-corrected chi connectivity index (χ3v) is 5.03. The van der Waals surface area contributed by atoms with Gasteiger partial charge >= 0.3 is 0 Å². The second-order valence-corrected chi connectivity index (χ2v) is 7.02. The minimum atomic E-state index is -3.05. The molecule has 2 N–H and O–H groups in total. The van der Waals surface area contributed by atoms with Crippen molar-refractivity contribution in [2.75, 3.05) is 18.1 Å². The van der Waals surface area contributed by atoms with E-state index in [1.807, 2.05) is 0 Å². The average Bonchev–Trinajstić information content (AvgIpc) is 2.80. The first-order valence-corrected chi connectivity index (χ1v) is 8.10. The fraction of sp³-hybridized carbons (Fsp3) is 0.538. The molecular formula is C13H19NO3S. The zero-order chi connectivity index (χ0) is 13.0. The lowest BCUT2D eigenvalue weighted by Crippen LogP contribution is -2.31. The Balaban J connectivity index is 1.90. The van der Waals surface area contributed by atoms with Crippen molar-refractivity contribution in [2.24, 2.45) is 0 Å². The van der Waals surface area contributed by atoms with Crippen molar-refractivity contribution >= 4 is 9.84 Å². The molecule has 0 amide bonds. The van der Waals surface area contributed by atoms with Crippen LogP contribution in [0.2, 0.25) is 0 Å². The second kappa shape index (κ2) is 5.71. The van der Waals surface area contributed by atoms with Crippen molar-refractivity contribution in [1.29, 1.82) is 0 Å². The molecule has 0 aliphatic carbocycles. The van der Waals surface area contributed by atoms with E-state index in [4.69, 9.17) is 0 Å². The highest BCUT2D eigenvalue weighted by molar-refractivity contribution is 7.91. The number of aromatic hydroxyl groups is 1. The number of phenolic OH excluding ortho intramolecular Hbond substituents is 1. The van der Waals surface area contributed by atoms with Gasteiger partial charge in [0.25, 0.3) is 0 Å². The lowest BCUT2D eigenvalue weighted by Gasteiger charge is -2.11. The Kier molecular flexibility index (Phi) is 4.24. The number of nitrogens with one attached hydrogen (secondary N) is 1. The maximum absolute atomic E-state index is 11.9. The van der Waals surface area contributed by atoms with E-state index in [2.05, 4.69) is 5.32 Å². The highest BCUT2D eigenvalue weighted by Gasteiger charge is 2.22. The molecule has 4 nitrogen and oxygen atoms in total. The topological polar surface area (TPSA) is 66.4 Å². The molecule has 1 aliphatic heterocycles. The van der Waals surface area contributed by atoms with Gasteiger partial charge in [0.15, 0.2) is 9.84 Å². The first-order chi connectivity index (χ1) is 8.57. The van der Waals surface area contributed by atoms with E-state index in [1.165, 1.54) is 0 Å². The summed E-state index contributed by atoms with van der Waals surface area (Å²) in [5.41, 5.74) is 0.695. The van der Waals surface area contributed by atoms with E-state index in [0.29, 0.717) is 12.0 Å². The Morgan fingerprint density at radius 2 is 2.11 bits per heavy atom. The van der Waals surface area contributed by atoms with Gasteiger partial charge in [-0.1, -0.05) is 18.2 Å². The van der Waals surface area contributed by atoms with Crippen LogP contribution in [0.15, 0.2) is 24.3 Å². The van der Waals surface area contributed by atoms with Crippen molar-refractivity contribution in [3.8, 4) is 5.75 Å². The summed E-state index contributed by atoms with van der Waals surface area (Å²) >= 11 is 0. The van der Waals surface area contributed by atoms with Crippen LogP contribution in [-0.2, 0) is 16.3 Å². The molecule has 2 rings (SSSR count). The van der Waals surface area contributed by atoms with Crippen LogP contribution < -0.4 is 5.32 Å². The Hall–Kier alpha value is -1.07. The summed E-state index contributed by atoms with van der Waals surface area (Å²) in [4.78, 5) is 0. The number of benzene rings is 1. The van der Waals surface area contributed by atoms with Gasteiger partial charge in [0, 0.05) is 6.04 Å². The van der Waals surface area contributed by atoms with E-state index in [0.717, 1.165) is 19.4 Å².